The molecule has 0 aromatic heterocycles. The van der Waals surface area contributed by atoms with Gasteiger partial charge in [-0.3, -0.25) is 0 Å². The lowest BCUT2D eigenvalue weighted by atomic mass is 10.2. The van der Waals surface area contributed by atoms with E-state index < -0.39 is 0 Å². The number of rotatable bonds is 6. The number of methoxy groups -OCH3 is 2. The van der Waals surface area contributed by atoms with E-state index in [4.69, 9.17) is 15.2 Å². The van der Waals surface area contributed by atoms with Crippen molar-refractivity contribution in [2.24, 2.45) is 5.73 Å². The van der Waals surface area contributed by atoms with E-state index in [-0.39, 0.29) is 0 Å². The van der Waals surface area contributed by atoms with Crippen LogP contribution >= 0.6 is 0 Å². The Balaban J connectivity index is 2.68. The van der Waals surface area contributed by atoms with Gasteiger partial charge in [0.05, 0.1) is 14.2 Å². The molecule has 1 rings (SSSR count). The predicted molar refractivity (Wildman–Crippen MR) is 64.6 cm³/mol. The highest BCUT2D eigenvalue weighted by Crippen LogP contribution is 2.24. The zero-order valence-corrected chi connectivity index (χ0v) is 9.75. The number of nitrogens with two attached hydrogens (primary N) is 1. The van der Waals surface area contributed by atoms with Crippen molar-refractivity contribution in [3.63, 3.8) is 0 Å². The molecule has 0 atom stereocenters. The van der Waals surface area contributed by atoms with Gasteiger partial charge in [0.2, 0.25) is 0 Å². The fourth-order valence-electron chi connectivity index (χ4n) is 1.36. The largest absolute Gasteiger partial charge is 0.497 e. The zero-order valence-electron chi connectivity index (χ0n) is 9.75. The van der Waals surface area contributed by atoms with Crippen LogP contribution in [0.3, 0.4) is 0 Å². The number of nitrogens with one attached hydrogen (secondary N) is 1. The third-order valence-corrected chi connectivity index (χ3v) is 2.16. The van der Waals surface area contributed by atoms with Crippen LogP contribution < -0.4 is 20.5 Å². The number of hydrogen-bond acceptors (Lipinski definition) is 4. The van der Waals surface area contributed by atoms with Crippen molar-refractivity contribution in [3.8, 4) is 11.5 Å². The maximum Gasteiger partial charge on any atom is 0.127 e. The van der Waals surface area contributed by atoms with Crippen molar-refractivity contribution >= 4 is 0 Å². The lowest BCUT2D eigenvalue weighted by molar-refractivity contribution is 0.390. The Bertz CT molecular complexity index is 364. The molecule has 0 aliphatic rings. The van der Waals surface area contributed by atoms with Crippen LogP contribution in [-0.2, 0) is 6.54 Å². The Morgan fingerprint density at radius 2 is 2.12 bits per heavy atom. The SMILES string of the molecule is C=C(N)CNCc1ccc(OC)cc1OC. The van der Waals surface area contributed by atoms with Crippen LogP contribution in [-0.4, -0.2) is 20.8 Å². The summed E-state index contributed by atoms with van der Waals surface area (Å²) in [6, 6.07) is 5.72. The van der Waals surface area contributed by atoms with E-state index >= 15 is 0 Å². The van der Waals surface area contributed by atoms with E-state index in [9.17, 15) is 0 Å². The quantitative estimate of drug-likeness (QED) is 0.761. The summed E-state index contributed by atoms with van der Waals surface area (Å²) in [5.74, 6) is 1.58. The molecule has 4 heteroatoms. The maximum absolute atomic E-state index is 5.46. The summed E-state index contributed by atoms with van der Waals surface area (Å²) >= 11 is 0. The standard InChI is InChI=1S/C12H18N2O2/c1-9(13)7-14-8-10-4-5-11(15-2)6-12(10)16-3/h4-6,14H,1,7-8,13H2,2-3H3. The fraction of sp³-hybridized carbons (Fsp3) is 0.333. The van der Waals surface area contributed by atoms with Gasteiger partial charge in [-0.1, -0.05) is 12.6 Å². The van der Waals surface area contributed by atoms with E-state index in [0.29, 0.717) is 18.8 Å². The summed E-state index contributed by atoms with van der Waals surface area (Å²) in [4.78, 5) is 0. The van der Waals surface area contributed by atoms with Gasteiger partial charge in [-0.25, -0.2) is 0 Å². The Hall–Kier alpha value is -1.68. The number of ether oxygens (including phenoxy) is 2. The van der Waals surface area contributed by atoms with E-state index in [2.05, 4.69) is 11.9 Å². The summed E-state index contributed by atoms with van der Waals surface area (Å²) in [6.07, 6.45) is 0. The average molecular weight is 222 g/mol. The third-order valence-electron chi connectivity index (χ3n) is 2.16. The Kier molecular flexibility index (Phi) is 4.66. The van der Waals surface area contributed by atoms with Gasteiger partial charge >= 0.3 is 0 Å². The van der Waals surface area contributed by atoms with Crippen molar-refractivity contribution in [1.29, 1.82) is 0 Å². The molecule has 0 bridgehead atoms. The Labute approximate surface area is 96.0 Å². The summed E-state index contributed by atoms with van der Waals surface area (Å²) in [6.45, 7) is 4.90. The summed E-state index contributed by atoms with van der Waals surface area (Å²) in [5, 5.41) is 3.17. The minimum Gasteiger partial charge on any atom is -0.497 e. The lowest BCUT2D eigenvalue weighted by Crippen LogP contribution is -2.20. The molecule has 0 radical (unpaired) electrons. The predicted octanol–water partition coefficient (Wildman–Crippen LogP) is 1.27. The molecule has 88 valence electrons. The van der Waals surface area contributed by atoms with Crippen LogP contribution in [0, 0.1) is 0 Å². The van der Waals surface area contributed by atoms with Crippen LogP contribution in [0.25, 0.3) is 0 Å². The van der Waals surface area contributed by atoms with Gasteiger partial charge in [-0.15, -0.1) is 0 Å². The van der Waals surface area contributed by atoms with Crippen molar-refractivity contribution in [3.05, 3.63) is 36.0 Å². The maximum atomic E-state index is 5.46. The smallest absolute Gasteiger partial charge is 0.127 e. The molecule has 1 aromatic carbocycles. The first-order valence-corrected chi connectivity index (χ1v) is 5.02. The van der Waals surface area contributed by atoms with E-state index in [0.717, 1.165) is 17.1 Å². The molecule has 1 aromatic rings. The first kappa shape index (κ1) is 12.4. The first-order valence-electron chi connectivity index (χ1n) is 5.02. The fourth-order valence-corrected chi connectivity index (χ4v) is 1.36. The highest BCUT2D eigenvalue weighted by molar-refractivity contribution is 5.40. The molecule has 3 N–H and O–H groups in total. The van der Waals surface area contributed by atoms with Gasteiger partial charge in [0.25, 0.3) is 0 Å². The van der Waals surface area contributed by atoms with Crippen LogP contribution in [0.2, 0.25) is 0 Å². The molecule has 0 saturated heterocycles. The molecule has 0 amide bonds. The Morgan fingerprint density at radius 3 is 2.69 bits per heavy atom. The second-order valence-corrected chi connectivity index (χ2v) is 3.44. The van der Waals surface area contributed by atoms with Gasteiger partial charge in [-0.2, -0.15) is 0 Å². The summed E-state index contributed by atoms with van der Waals surface area (Å²) < 4.78 is 10.4. The third kappa shape index (κ3) is 3.47. The first-order chi connectivity index (χ1) is 7.67. The van der Waals surface area contributed by atoms with E-state index in [1.165, 1.54) is 0 Å². The van der Waals surface area contributed by atoms with Gasteiger partial charge in [0.1, 0.15) is 11.5 Å². The highest BCUT2D eigenvalue weighted by atomic mass is 16.5. The van der Waals surface area contributed by atoms with Crippen molar-refractivity contribution < 1.29 is 9.47 Å². The molecule has 0 heterocycles. The summed E-state index contributed by atoms with van der Waals surface area (Å²) in [7, 11) is 3.27. The minimum absolute atomic E-state index is 0.592. The normalized spacial score (nSPS) is 9.88. The monoisotopic (exact) mass is 222 g/mol. The lowest BCUT2D eigenvalue weighted by Gasteiger charge is -2.11. The van der Waals surface area contributed by atoms with Gasteiger partial charge in [0.15, 0.2) is 0 Å². The second-order valence-electron chi connectivity index (χ2n) is 3.44. The van der Waals surface area contributed by atoms with Gasteiger partial charge in [-0.05, 0) is 6.07 Å². The number of benzene rings is 1. The molecular weight excluding hydrogens is 204 g/mol. The molecule has 0 saturated carbocycles. The summed E-state index contributed by atoms with van der Waals surface area (Å²) in [5.41, 5.74) is 7.14. The number of hydrogen-bond donors (Lipinski definition) is 2. The van der Waals surface area contributed by atoms with Gasteiger partial charge < -0.3 is 20.5 Å². The van der Waals surface area contributed by atoms with Crippen molar-refractivity contribution in [2.75, 3.05) is 20.8 Å². The van der Waals surface area contributed by atoms with Crippen LogP contribution in [0.4, 0.5) is 0 Å². The van der Waals surface area contributed by atoms with Crippen molar-refractivity contribution in [1.82, 2.24) is 5.32 Å². The van der Waals surface area contributed by atoms with Crippen molar-refractivity contribution in [2.45, 2.75) is 6.54 Å². The molecular formula is C12H18N2O2. The van der Waals surface area contributed by atoms with Crippen LogP contribution in [0.5, 0.6) is 11.5 Å². The van der Waals surface area contributed by atoms with E-state index in [1.54, 1.807) is 14.2 Å². The second kappa shape index (κ2) is 6.02. The molecule has 0 fully saturated rings. The molecule has 16 heavy (non-hydrogen) atoms. The zero-order chi connectivity index (χ0) is 12.0. The van der Waals surface area contributed by atoms with Crippen LogP contribution in [0.1, 0.15) is 5.56 Å². The highest BCUT2D eigenvalue weighted by Gasteiger charge is 2.04. The minimum atomic E-state index is 0.592. The van der Waals surface area contributed by atoms with E-state index in [1.807, 2.05) is 18.2 Å². The molecule has 4 nitrogen and oxygen atoms in total. The molecule has 0 aliphatic heterocycles. The molecule has 0 aliphatic carbocycles. The Morgan fingerprint density at radius 1 is 1.38 bits per heavy atom. The topological polar surface area (TPSA) is 56.5 Å². The molecule has 0 spiro atoms. The molecule has 0 unspecified atom stereocenters. The van der Waals surface area contributed by atoms with Crippen LogP contribution in [0.15, 0.2) is 30.5 Å². The average Bonchev–Trinajstić information content (AvgIpc) is 2.29. The van der Waals surface area contributed by atoms with Gasteiger partial charge in [0, 0.05) is 30.4 Å².